The van der Waals surface area contributed by atoms with E-state index in [0.717, 1.165) is 32.0 Å². The van der Waals surface area contributed by atoms with Gasteiger partial charge in [-0.25, -0.2) is 0 Å². The number of likely N-dealkylation sites (tertiary alicyclic amines) is 1. The number of aliphatic imine (C=N–C) groups is 1. The van der Waals surface area contributed by atoms with Crippen LogP contribution in [0.4, 0.5) is 0 Å². The molecule has 3 rings (SSSR count). The summed E-state index contributed by atoms with van der Waals surface area (Å²) >= 11 is 0. The number of hydrogen-bond acceptors (Lipinski definition) is 2. The first kappa shape index (κ1) is 19.9. The fourth-order valence-electron chi connectivity index (χ4n) is 3.59. The van der Waals surface area contributed by atoms with Crippen molar-refractivity contribution in [2.75, 3.05) is 32.7 Å². The van der Waals surface area contributed by atoms with E-state index in [4.69, 9.17) is 4.99 Å². The maximum atomic E-state index is 12.1. The van der Waals surface area contributed by atoms with E-state index in [9.17, 15) is 4.79 Å². The fourth-order valence-corrected chi connectivity index (χ4v) is 3.59. The summed E-state index contributed by atoms with van der Waals surface area (Å²) in [5, 5.41) is 6.33. The van der Waals surface area contributed by atoms with E-state index in [2.05, 4.69) is 52.8 Å². The zero-order valence-corrected chi connectivity index (χ0v) is 16.6. The predicted octanol–water partition coefficient (Wildman–Crippen LogP) is 2.95. The zero-order chi connectivity index (χ0) is 19.6. The largest absolute Gasteiger partial charge is 0.357 e. The molecule has 2 aromatic carbocycles. The van der Waals surface area contributed by atoms with Crippen LogP contribution in [0.25, 0.3) is 0 Å². The highest BCUT2D eigenvalue weighted by Gasteiger charge is 2.24. The lowest BCUT2D eigenvalue weighted by molar-refractivity contribution is 0.0955. The lowest BCUT2D eigenvalue weighted by Crippen LogP contribution is -2.40. The van der Waals surface area contributed by atoms with Gasteiger partial charge in [0.2, 0.25) is 0 Å². The molecule has 1 aliphatic rings. The SMILES string of the molecule is CCNC(=NCCNC(=O)c1ccccc1)N1CCC(Cc2ccccc2)C1. The molecule has 1 unspecified atom stereocenters. The molecule has 1 saturated heterocycles. The fraction of sp³-hybridized carbons (Fsp3) is 0.391. The van der Waals surface area contributed by atoms with Gasteiger partial charge in [0, 0.05) is 31.7 Å². The van der Waals surface area contributed by atoms with Gasteiger partial charge in [0.25, 0.3) is 5.91 Å². The van der Waals surface area contributed by atoms with Crippen LogP contribution >= 0.6 is 0 Å². The maximum absolute atomic E-state index is 12.1. The monoisotopic (exact) mass is 378 g/mol. The number of carbonyl (C=O) groups is 1. The van der Waals surface area contributed by atoms with E-state index >= 15 is 0 Å². The Labute approximate surface area is 167 Å². The molecule has 1 amide bonds. The Kier molecular flexibility index (Phi) is 7.47. The van der Waals surface area contributed by atoms with E-state index in [1.54, 1.807) is 0 Å². The van der Waals surface area contributed by atoms with Crippen molar-refractivity contribution < 1.29 is 4.79 Å². The van der Waals surface area contributed by atoms with Gasteiger partial charge in [-0.15, -0.1) is 0 Å². The van der Waals surface area contributed by atoms with Crippen molar-refractivity contribution in [3.63, 3.8) is 0 Å². The molecule has 0 radical (unpaired) electrons. The van der Waals surface area contributed by atoms with Crippen molar-refractivity contribution in [2.24, 2.45) is 10.9 Å². The summed E-state index contributed by atoms with van der Waals surface area (Å²) in [7, 11) is 0. The van der Waals surface area contributed by atoms with E-state index < -0.39 is 0 Å². The Morgan fingerprint density at radius 2 is 1.79 bits per heavy atom. The van der Waals surface area contributed by atoms with Crippen molar-refractivity contribution >= 4 is 11.9 Å². The first-order chi connectivity index (χ1) is 13.8. The molecular formula is C23H30N4O. The summed E-state index contributed by atoms with van der Waals surface area (Å²) in [6, 6.07) is 20.0. The van der Waals surface area contributed by atoms with Crippen molar-refractivity contribution in [2.45, 2.75) is 19.8 Å². The highest BCUT2D eigenvalue weighted by atomic mass is 16.1. The van der Waals surface area contributed by atoms with Crippen LogP contribution < -0.4 is 10.6 Å². The van der Waals surface area contributed by atoms with Crippen LogP contribution in [0, 0.1) is 5.92 Å². The molecule has 5 heteroatoms. The van der Waals surface area contributed by atoms with Crippen LogP contribution in [0.5, 0.6) is 0 Å². The Bertz CT molecular complexity index is 761. The van der Waals surface area contributed by atoms with Crippen molar-refractivity contribution in [3.05, 3.63) is 71.8 Å². The minimum Gasteiger partial charge on any atom is -0.357 e. The number of guanidine groups is 1. The first-order valence-corrected chi connectivity index (χ1v) is 10.2. The minimum absolute atomic E-state index is 0.0510. The number of carbonyl (C=O) groups excluding carboxylic acids is 1. The molecular weight excluding hydrogens is 348 g/mol. The second-order valence-corrected chi connectivity index (χ2v) is 7.15. The van der Waals surface area contributed by atoms with Gasteiger partial charge < -0.3 is 15.5 Å². The molecule has 148 valence electrons. The Morgan fingerprint density at radius 3 is 2.50 bits per heavy atom. The third-order valence-corrected chi connectivity index (χ3v) is 4.98. The summed E-state index contributed by atoms with van der Waals surface area (Å²) in [6.07, 6.45) is 2.30. The number of rotatable bonds is 7. The summed E-state index contributed by atoms with van der Waals surface area (Å²) in [5.74, 6) is 1.56. The molecule has 0 aliphatic carbocycles. The maximum Gasteiger partial charge on any atom is 0.251 e. The third-order valence-electron chi connectivity index (χ3n) is 4.98. The molecule has 1 atom stereocenters. The van der Waals surface area contributed by atoms with Crippen LogP contribution in [-0.2, 0) is 6.42 Å². The zero-order valence-electron chi connectivity index (χ0n) is 16.6. The van der Waals surface area contributed by atoms with Gasteiger partial charge in [-0.3, -0.25) is 9.79 Å². The quantitative estimate of drug-likeness (QED) is 0.442. The van der Waals surface area contributed by atoms with Crippen LogP contribution in [-0.4, -0.2) is 49.5 Å². The van der Waals surface area contributed by atoms with Crippen molar-refractivity contribution in [1.82, 2.24) is 15.5 Å². The van der Waals surface area contributed by atoms with E-state index in [1.165, 1.54) is 12.0 Å². The molecule has 1 fully saturated rings. The van der Waals surface area contributed by atoms with Gasteiger partial charge in [0.05, 0.1) is 6.54 Å². The topological polar surface area (TPSA) is 56.7 Å². The van der Waals surface area contributed by atoms with Gasteiger partial charge in [0.15, 0.2) is 5.96 Å². The molecule has 2 aromatic rings. The molecule has 28 heavy (non-hydrogen) atoms. The number of benzene rings is 2. The molecule has 5 nitrogen and oxygen atoms in total. The Balaban J connectivity index is 1.48. The van der Waals surface area contributed by atoms with Gasteiger partial charge in [-0.05, 0) is 43.4 Å². The minimum atomic E-state index is -0.0510. The van der Waals surface area contributed by atoms with Crippen molar-refractivity contribution in [1.29, 1.82) is 0 Å². The summed E-state index contributed by atoms with van der Waals surface area (Å²) in [4.78, 5) is 19.2. The molecule has 1 aliphatic heterocycles. The predicted molar refractivity (Wildman–Crippen MR) is 115 cm³/mol. The second kappa shape index (κ2) is 10.5. The Morgan fingerprint density at radius 1 is 1.07 bits per heavy atom. The van der Waals surface area contributed by atoms with Gasteiger partial charge in [0.1, 0.15) is 0 Å². The summed E-state index contributed by atoms with van der Waals surface area (Å²) in [6.45, 7) is 6.08. The number of hydrogen-bond donors (Lipinski definition) is 2. The number of amides is 1. The summed E-state index contributed by atoms with van der Waals surface area (Å²) < 4.78 is 0. The van der Waals surface area contributed by atoms with Crippen LogP contribution in [0.15, 0.2) is 65.7 Å². The van der Waals surface area contributed by atoms with Crippen LogP contribution in [0.1, 0.15) is 29.3 Å². The average Bonchev–Trinajstić information content (AvgIpc) is 3.20. The van der Waals surface area contributed by atoms with Gasteiger partial charge in [-0.1, -0.05) is 48.5 Å². The van der Waals surface area contributed by atoms with Crippen LogP contribution in [0.2, 0.25) is 0 Å². The summed E-state index contributed by atoms with van der Waals surface area (Å²) in [5.41, 5.74) is 2.08. The molecule has 0 spiro atoms. The number of nitrogens with zero attached hydrogens (tertiary/aromatic N) is 2. The molecule has 1 heterocycles. The van der Waals surface area contributed by atoms with E-state index in [1.807, 2.05) is 30.3 Å². The van der Waals surface area contributed by atoms with Gasteiger partial charge >= 0.3 is 0 Å². The normalized spacial score (nSPS) is 16.8. The van der Waals surface area contributed by atoms with E-state index in [-0.39, 0.29) is 5.91 Å². The van der Waals surface area contributed by atoms with Crippen LogP contribution in [0.3, 0.4) is 0 Å². The molecule has 0 bridgehead atoms. The van der Waals surface area contributed by atoms with E-state index in [0.29, 0.717) is 24.6 Å². The first-order valence-electron chi connectivity index (χ1n) is 10.2. The molecule has 0 saturated carbocycles. The number of nitrogens with one attached hydrogen (secondary N) is 2. The average molecular weight is 379 g/mol. The van der Waals surface area contributed by atoms with Gasteiger partial charge in [-0.2, -0.15) is 0 Å². The highest BCUT2D eigenvalue weighted by Crippen LogP contribution is 2.20. The second-order valence-electron chi connectivity index (χ2n) is 7.15. The molecule has 2 N–H and O–H groups in total. The van der Waals surface area contributed by atoms with Crippen molar-refractivity contribution in [3.8, 4) is 0 Å². The highest BCUT2D eigenvalue weighted by molar-refractivity contribution is 5.94. The lowest BCUT2D eigenvalue weighted by atomic mass is 9.99. The molecule has 0 aromatic heterocycles. The smallest absolute Gasteiger partial charge is 0.251 e. The third kappa shape index (κ3) is 5.84. The lowest BCUT2D eigenvalue weighted by Gasteiger charge is -2.21. The Hall–Kier alpha value is -2.82. The standard InChI is InChI=1S/C23H30N4O/c1-2-24-23(26-15-14-25-22(28)21-11-7-4-8-12-21)27-16-13-20(18-27)17-19-9-5-3-6-10-19/h3-12,20H,2,13-18H2,1H3,(H,24,26)(H,25,28).